The summed E-state index contributed by atoms with van der Waals surface area (Å²) in [6, 6.07) is 8.11. The van der Waals surface area contributed by atoms with Crippen LogP contribution in [0.3, 0.4) is 0 Å². The second-order valence-electron chi connectivity index (χ2n) is 8.30. The Kier molecular flexibility index (Phi) is 6.25. The van der Waals surface area contributed by atoms with Crippen LogP contribution in [0.1, 0.15) is 55.5 Å². The van der Waals surface area contributed by atoms with Crippen molar-refractivity contribution in [2.24, 2.45) is 5.92 Å². The fraction of sp³-hybridized carbons (Fsp3) is 0.435. The van der Waals surface area contributed by atoms with Crippen LogP contribution in [0.4, 0.5) is 0 Å². The van der Waals surface area contributed by atoms with Crippen molar-refractivity contribution in [3.8, 4) is 0 Å². The first-order valence-corrected chi connectivity index (χ1v) is 10.8. The third-order valence-corrected chi connectivity index (χ3v) is 5.52. The number of aromatic nitrogens is 4. The van der Waals surface area contributed by atoms with Gasteiger partial charge in [-0.1, -0.05) is 26.0 Å². The lowest BCUT2D eigenvalue weighted by atomic mass is 10.1. The van der Waals surface area contributed by atoms with Gasteiger partial charge in [0.15, 0.2) is 0 Å². The Hall–Kier alpha value is -3.29. The Morgan fingerprint density at radius 3 is 2.84 bits per heavy atom. The Labute approximate surface area is 181 Å². The fourth-order valence-electron chi connectivity index (χ4n) is 4.17. The van der Waals surface area contributed by atoms with Crippen molar-refractivity contribution in [3.63, 3.8) is 0 Å². The predicted molar refractivity (Wildman–Crippen MR) is 117 cm³/mol. The number of amides is 2. The minimum atomic E-state index is -0.322. The van der Waals surface area contributed by atoms with Gasteiger partial charge in [0.1, 0.15) is 11.5 Å². The molecule has 0 aliphatic carbocycles. The van der Waals surface area contributed by atoms with Crippen molar-refractivity contribution < 1.29 is 9.59 Å². The summed E-state index contributed by atoms with van der Waals surface area (Å²) >= 11 is 0. The molecule has 3 heterocycles. The van der Waals surface area contributed by atoms with Gasteiger partial charge in [-0.2, -0.15) is 0 Å². The monoisotopic (exact) mass is 420 g/mol. The van der Waals surface area contributed by atoms with Crippen LogP contribution in [0, 0.1) is 5.92 Å². The Bertz CT molecular complexity index is 1060. The van der Waals surface area contributed by atoms with E-state index in [9.17, 15) is 9.59 Å². The van der Waals surface area contributed by atoms with Crippen molar-refractivity contribution in [1.29, 1.82) is 0 Å². The highest BCUT2D eigenvalue weighted by Gasteiger charge is 2.33. The van der Waals surface area contributed by atoms with Crippen LogP contribution in [-0.2, 0) is 11.3 Å². The van der Waals surface area contributed by atoms with Gasteiger partial charge in [-0.05, 0) is 30.9 Å². The maximum absolute atomic E-state index is 13.0. The second-order valence-corrected chi connectivity index (χ2v) is 8.30. The summed E-state index contributed by atoms with van der Waals surface area (Å²) in [6.45, 7) is 6.22. The molecule has 0 bridgehead atoms. The quantitative estimate of drug-likeness (QED) is 0.634. The number of rotatable bonds is 7. The number of hydrogen-bond donors (Lipinski definition) is 1. The fourth-order valence-corrected chi connectivity index (χ4v) is 4.17. The highest BCUT2D eigenvalue weighted by molar-refractivity contribution is 5.92. The first-order chi connectivity index (χ1) is 15.0. The third kappa shape index (κ3) is 4.57. The molecule has 1 atom stereocenters. The molecule has 162 valence electrons. The molecule has 8 nitrogen and oxygen atoms in total. The second kappa shape index (κ2) is 9.24. The number of imidazole rings is 1. The SMILES string of the molecule is CC(C)Cn1c(C2CCCN2C(=O)CCNC(=O)c2cnccn2)nc2ccccc21. The van der Waals surface area contributed by atoms with E-state index in [1.807, 2.05) is 23.1 Å². The molecule has 0 saturated carbocycles. The zero-order valence-corrected chi connectivity index (χ0v) is 18.0. The van der Waals surface area contributed by atoms with E-state index >= 15 is 0 Å². The predicted octanol–water partition coefficient (Wildman–Crippen LogP) is 2.97. The Morgan fingerprint density at radius 1 is 1.23 bits per heavy atom. The van der Waals surface area contributed by atoms with Gasteiger partial charge in [0, 0.05) is 38.4 Å². The van der Waals surface area contributed by atoms with Crippen LogP contribution >= 0.6 is 0 Å². The first kappa shape index (κ1) is 21.0. The van der Waals surface area contributed by atoms with Crippen LogP contribution in [0.5, 0.6) is 0 Å². The topological polar surface area (TPSA) is 93.0 Å². The third-order valence-electron chi connectivity index (χ3n) is 5.52. The average molecular weight is 421 g/mol. The molecule has 0 radical (unpaired) electrons. The van der Waals surface area contributed by atoms with Crippen molar-refractivity contribution in [2.75, 3.05) is 13.1 Å². The van der Waals surface area contributed by atoms with Gasteiger partial charge in [-0.25, -0.2) is 9.97 Å². The van der Waals surface area contributed by atoms with Crippen molar-refractivity contribution in [3.05, 3.63) is 54.4 Å². The van der Waals surface area contributed by atoms with Crippen molar-refractivity contribution in [2.45, 2.75) is 45.7 Å². The van der Waals surface area contributed by atoms with E-state index in [0.717, 1.165) is 36.2 Å². The molecule has 1 N–H and O–H groups in total. The smallest absolute Gasteiger partial charge is 0.271 e. The summed E-state index contributed by atoms with van der Waals surface area (Å²) in [5, 5.41) is 2.76. The van der Waals surface area contributed by atoms with Gasteiger partial charge in [-0.15, -0.1) is 0 Å². The Morgan fingerprint density at radius 2 is 2.06 bits per heavy atom. The van der Waals surface area contributed by atoms with Crippen LogP contribution in [0.25, 0.3) is 11.0 Å². The van der Waals surface area contributed by atoms with E-state index in [0.29, 0.717) is 12.5 Å². The number of nitrogens with zero attached hydrogens (tertiary/aromatic N) is 5. The van der Waals surface area contributed by atoms with Gasteiger partial charge in [-0.3, -0.25) is 14.6 Å². The summed E-state index contributed by atoms with van der Waals surface area (Å²) in [7, 11) is 0. The van der Waals surface area contributed by atoms with E-state index in [1.54, 1.807) is 0 Å². The molecule has 1 fully saturated rings. The summed E-state index contributed by atoms with van der Waals surface area (Å²) in [5.41, 5.74) is 2.33. The number of para-hydroxylation sites is 2. The highest BCUT2D eigenvalue weighted by atomic mass is 16.2. The van der Waals surface area contributed by atoms with E-state index in [4.69, 9.17) is 4.98 Å². The molecule has 1 aromatic carbocycles. The number of carbonyl (C=O) groups is 2. The van der Waals surface area contributed by atoms with Gasteiger partial charge >= 0.3 is 0 Å². The number of hydrogen-bond acceptors (Lipinski definition) is 5. The minimum Gasteiger partial charge on any atom is -0.350 e. The van der Waals surface area contributed by atoms with Crippen LogP contribution in [0.15, 0.2) is 42.9 Å². The maximum atomic E-state index is 13.0. The summed E-state index contributed by atoms with van der Waals surface area (Å²) < 4.78 is 2.27. The average Bonchev–Trinajstić information content (AvgIpc) is 3.39. The number of carbonyl (C=O) groups excluding carboxylic acids is 2. The molecule has 8 heteroatoms. The van der Waals surface area contributed by atoms with Gasteiger partial charge in [0.2, 0.25) is 5.91 Å². The molecule has 1 unspecified atom stereocenters. The lowest BCUT2D eigenvalue weighted by Crippen LogP contribution is -2.35. The molecule has 1 aliphatic rings. The summed E-state index contributed by atoms with van der Waals surface area (Å²) in [6.07, 6.45) is 6.49. The lowest BCUT2D eigenvalue weighted by molar-refractivity contribution is -0.132. The zero-order chi connectivity index (χ0) is 21.8. The number of fused-ring (bicyclic) bond motifs is 1. The molecular weight excluding hydrogens is 392 g/mol. The van der Waals surface area contributed by atoms with Gasteiger partial charge in [0.25, 0.3) is 5.91 Å². The largest absolute Gasteiger partial charge is 0.350 e. The van der Waals surface area contributed by atoms with Crippen LogP contribution < -0.4 is 5.32 Å². The first-order valence-electron chi connectivity index (χ1n) is 10.8. The summed E-state index contributed by atoms with van der Waals surface area (Å²) in [4.78, 5) is 39.8. The van der Waals surface area contributed by atoms with E-state index in [-0.39, 0.29) is 36.5 Å². The standard InChI is InChI=1S/C23H28N6O2/c1-16(2)15-29-19-7-4-3-6-17(19)27-22(29)20-8-5-13-28(20)21(30)9-10-26-23(31)18-14-24-11-12-25-18/h3-4,6-7,11-12,14,16,20H,5,8-10,13,15H2,1-2H3,(H,26,31). The van der Waals surface area contributed by atoms with E-state index < -0.39 is 0 Å². The van der Waals surface area contributed by atoms with Crippen molar-refractivity contribution >= 4 is 22.8 Å². The molecule has 1 aliphatic heterocycles. The van der Waals surface area contributed by atoms with E-state index in [2.05, 4.69) is 39.8 Å². The summed E-state index contributed by atoms with van der Waals surface area (Å²) in [5.74, 6) is 1.14. The molecule has 31 heavy (non-hydrogen) atoms. The molecular formula is C23H28N6O2. The lowest BCUT2D eigenvalue weighted by Gasteiger charge is -2.26. The number of nitrogens with one attached hydrogen (secondary N) is 1. The van der Waals surface area contributed by atoms with Gasteiger partial charge in [0.05, 0.1) is 23.3 Å². The van der Waals surface area contributed by atoms with Crippen molar-refractivity contribution in [1.82, 2.24) is 29.7 Å². The molecule has 3 aromatic rings. The minimum absolute atomic E-state index is 0.0325. The normalized spacial score (nSPS) is 16.2. The number of benzene rings is 1. The molecule has 1 saturated heterocycles. The van der Waals surface area contributed by atoms with Gasteiger partial charge < -0.3 is 14.8 Å². The van der Waals surface area contributed by atoms with Crippen LogP contribution in [0.2, 0.25) is 0 Å². The molecule has 0 spiro atoms. The van der Waals surface area contributed by atoms with Crippen LogP contribution in [-0.4, -0.2) is 49.3 Å². The zero-order valence-electron chi connectivity index (χ0n) is 18.0. The highest BCUT2D eigenvalue weighted by Crippen LogP contribution is 2.34. The maximum Gasteiger partial charge on any atom is 0.271 e. The Balaban J connectivity index is 1.46. The number of likely N-dealkylation sites (tertiary alicyclic amines) is 1. The van der Waals surface area contributed by atoms with E-state index in [1.165, 1.54) is 18.6 Å². The molecule has 2 aromatic heterocycles. The molecule has 4 rings (SSSR count). The molecule has 2 amide bonds.